The van der Waals surface area contributed by atoms with Gasteiger partial charge in [-0.25, -0.2) is 9.97 Å². The van der Waals surface area contributed by atoms with Crippen molar-refractivity contribution in [2.75, 3.05) is 18.5 Å². The van der Waals surface area contributed by atoms with E-state index in [9.17, 15) is 13.6 Å². The van der Waals surface area contributed by atoms with Crippen LogP contribution < -0.4 is 9.64 Å². The van der Waals surface area contributed by atoms with Crippen molar-refractivity contribution >= 4 is 11.8 Å². The van der Waals surface area contributed by atoms with Crippen LogP contribution in [0.5, 0.6) is 5.88 Å². The number of hydrogen-bond acceptors (Lipinski definition) is 5. The maximum absolute atomic E-state index is 12.0. The highest BCUT2D eigenvalue weighted by atomic mass is 19.3. The van der Waals surface area contributed by atoms with Gasteiger partial charge in [0.15, 0.2) is 5.82 Å². The summed E-state index contributed by atoms with van der Waals surface area (Å²) in [5.74, 6) is -1.57. The topological polar surface area (TPSA) is 75.6 Å². The first-order chi connectivity index (χ1) is 7.50. The van der Waals surface area contributed by atoms with Crippen molar-refractivity contribution in [1.29, 1.82) is 0 Å². The SMILES string of the molecule is CN(CC(=O)O)c1nccnc1OC(F)F. The van der Waals surface area contributed by atoms with Gasteiger partial charge in [0.2, 0.25) is 0 Å². The van der Waals surface area contributed by atoms with Crippen LogP contribution in [0, 0.1) is 0 Å². The number of hydrogen-bond donors (Lipinski definition) is 1. The molecule has 0 bridgehead atoms. The molecule has 0 spiro atoms. The predicted octanol–water partition coefficient (Wildman–Crippen LogP) is 0.599. The predicted molar refractivity (Wildman–Crippen MR) is 49.6 cm³/mol. The van der Waals surface area contributed by atoms with Crippen LogP contribution in [0.4, 0.5) is 14.6 Å². The number of carbonyl (C=O) groups is 1. The number of nitrogens with zero attached hydrogens (tertiary/aromatic N) is 3. The number of rotatable bonds is 5. The fourth-order valence-corrected chi connectivity index (χ4v) is 1.03. The molecule has 0 saturated carbocycles. The molecule has 1 heterocycles. The Morgan fingerprint density at radius 1 is 1.56 bits per heavy atom. The van der Waals surface area contributed by atoms with E-state index < -0.39 is 25.0 Å². The van der Waals surface area contributed by atoms with Crippen molar-refractivity contribution in [1.82, 2.24) is 9.97 Å². The second kappa shape index (κ2) is 5.19. The summed E-state index contributed by atoms with van der Waals surface area (Å²) in [6, 6.07) is 0. The third-order valence-electron chi connectivity index (χ3n) is 1.58. The summed E-state index contributed by atoms with van der Waals surface area (Å²) in [4.78, 5) is 18.9. The lowest BCUT2D eigenvalue weighted by Crippen LogP contribution is -2.27. The van der Waals surface area contributed by atoms with Crippen LogP contribution >= 0.6 is 0 Å². The van der Waals surface area contributed by atoms with E-state index in [0.29, 0.717) is 0 Å². The first-order valence-corrected chi connectivity index (χ1v) is 4.19. The third-order valence-corrected chi connectivity index (χ3v) is 1.58. The average molecular weight is 233 g/mol. The zero-order valence-electron chi connectivity index (χ0n) is 8.30. The Morgan fingerprint density at radius 2 is 2.19 bits per heavy atom. The Balaban J connectivity index is 2.89. The van der Waals surface area contributed by atoms with Gasteiger partial charge in [0.1, 0.15) is 6.54 Å². The molecule has 0 fully saturated rings. The van der Waals surface area contributed by atoms with Crippen molar-refractivity contribution < 1.29 is 23.4 Å². The van der Waals surface area contributed by atoms with Crippen LogP contribution in [0.15, 0.2) is 12.4 Å². The van der Waals surface area contributed by atoms with E-state index in [1.807, 2.05) is 0 Å². The van der Waals surface area contributed by atoms with E-state index in [4.69, 9.17) is 5.11 Å². The van der Waals surface area contributed by atoms with Crippen LogP contribution in [-0.2, 0) is 4.79 Å². The Kier molecular flexibility index (Phi) is 3.92. The molecule has 0 radical (unpaired) electrons. The second-order valence-electron chi connectivity index (χ2n) is 2.81. The lowest BCUT2D eigenvalue weighted by Gasteiger charge is -2.17. The number of aromatic nitrogens is 2. The van der Waals surface area contributed by atoms with Gasteiger partial charge < -0.3 is 14.7 Å². The van der Waals surface area contributed by atoms with Crippen molar-refractivity contribution in [3.8, 4) is 5.88 Å². The fourth-order valence-electron chi connectivity index (χ4n) is 1.03. The summed E-state index contributed by atoms with van der Waals surface area (Å²) in [6.07, 6.45) is 2.43. The van der Waals surface area contributed by atoms with Gasteiger partial charge in [0, 0.05) is 19.4 Å². The highest BCUT2D eigenvalue weighted by Gasteiger charge is 2.16. The standard InChI is InChI=1S/C8H9F2N3O3/c1-13(4-5(14)15)6-7(16-8(9)10)12-3-2-11-6/h2-3,8H,4H2,1H3,(H,14,15). The molecule has 8 heteroatoms. The zero-order chi connectivity index (χ0) is 12.1. The molecule has 0 aromatic carbocycles. The molecule has 88 valence electrons. The minimum Gasteiger partial charge on any atom is -0.480 e. The van der Waals surface area contributed by atoms with Crippen molar-refractivity contribution in [3.05, 3.63) is 12.4 Å². The lowest BCUT2D eigenvalue weighted by molar-refractivity contribution is -0.135. The summed E-state index contributed by atoms with van der Waals surface area (Å²) < 4.78 is 28.1. The van der Waals surface area contributed by atoms with Crippen LogP contribution in [0.2, 0.25) is 0 Å². The smallest absolute Gasteiger partial charge is 0.388 e. The Labute approximate surface area is 89.5 Å². The number of carboxylic acids is 1. The summed E-state index contributed by atoms with van der Waals surface area (Å²) in [7, 11) is 1.39. The van der Waals surface area contributed by atoms with Crippen LogP contribution in [0.1, 0.15) is 0 Å². The maximum atomic E-state index is 12.0. The molecule has 6 nitrogen and oxygen atoms in total. The highest BCUT2D eigenvalue weighted by molar-refractivity contribution is 5.73. The summed E-state index contributed by atoms with van der Waals surface area (Å²) in [6.45, 7) is -3.42. The Hall–Kier alpha value is -1.99. The number of anilines is 1. The molecule has 1 aromatic rings. The summed E-state index contributed by atoms with van der Waals surface area (Å²) >= 11 is 0. The monoisotopic (exact) mass is 233 g/mol. The van der Waals surface area contributed by atoms with Gasteiger partial charge in [-0.05, 0) is 0 Å². The largest absolute Gasteiger partial charge is 0.480 e. The van der Waals surface area contributed by atoms with E-state index in [1.54, 1.807) is 0 Å². The maximum Gasteiger partial charge on any atom is 0.388 e. The molecule has 1 N–H and O–H groups in total. The number of alkyl halides is 2. The van der Waals surface area contributed by atoms with Crippen molar-refractivity contribution in [2.45, 2.75) is 6.61 Å². The number of aliphatic carboxylic acids is 1. The molecule has 0 aliphatic carbocycles. The molecule has 0 aliphatic rings. The number of ether oxygens (including phenoxy) is 1. The summed E-state index contributed by atoms with van der Waals surface area (Å²) in [5, 5.41) is 8.54. The number of likely N-dealkylation sites (N-methyl/N-ethyl adjacent to an activating group) is 1. The zero-order valence-corrected chi connectivity index (χ0v) is 8.30. The highest BCUT2D eigenvalue weighted by Crippen LogP contribution is 2.22. The van der Waals surface area contributed by atoms with Crippen molar-refractivity contribution in [2.24, 2.45) is 0 Å². The van der Waals surface area contributed by atoms with Gasteiger partial charge in [-0.15, -0.1) is 0 Å². The molecular weight excluding hydrogens is 224 g/mol. The molecule has 0 atom stereocenters. The van der Waals surface area contributed by atoms with E-state index in [2.05, 4.69) is 14.7 Å². The Bertz CT molecular complexity index is 375. The summed E-state index contributed by atoms with van der Waals surface area (Å²) in [5.41, 5.74) is 0. The van der Waals surface area contributed by atoms with Gasteiger partial charge in [0.25, 0.3) is 5.88 Å². The lowest BCUT2D eigenvalue weighted by atomic mass is 10.5. The molecule has 0 saturated heterocycles. The van der Waals surface area contributed by atoms with Gasteiger partial charge in [-0.1, -0.05) is 0 Å². The quantitative estimate of drug-likeness (QED) is 0.802. The molecule has 0 aliphatic heterocycles. The minimum absolute atomic E-state index is 0.0507. The molecular formula is C8H9F2N3O3. The van der Waals surface area contributed by atoms with Gasteiger partial charge in [0.05, 0.1) is 0 Å². The van der Waals surface area contributed by atoms with E-state index in [-0.39, 0.29) is 5.82 Å². The number of halogens is 2. The van der Waals surface area contributed by atoms with E-state index in [1.165, 1.54) is 19.4 Å². The molecule has 1 aromatic heterocycles. The van der Waals surface area contributed by atoms with E-state index in [0.717, 1.165) is 4.90 Å². The second-order valence-corrected chi connectivity index (χ2v) is 2.81. The molecule has 0 amide bonds. The molecule has 1 rings (SSSR count). The minimum atomic E-state index is -3.03. The molecule has 0 unspecified atom stereocenters. The van der Waals surface area contributed by atoms with Gasteiger partial charge in [-0.2, -0.15) is 8.78 Å². The van der Waals surface area contributed by atoms with E-state index >= 15 is 0 Å². The normalized spacial score (nSPS) is 10.2. The Morgan fingerprint density at radius 3 is 2.75 bits per heavy atom. The number of carboxylic acid groups (broad SMARTS) is 1. The fraction of sp³-hybridized carbons (Fsp3) is 0.375. The van der Waals surface area contributed by atoms with Crippen LogP contribution in [0.25, 0.3) is 0 Å². The third kappa shape index (κ3) is 3.30. The van der Waals surface area contributed by atoms with Gasteiger partial charge in [-0.3, -0.25) is 4.79 Å². The first-order valence-electron chi connectivity index (χ1n) is 4.19. The van der Waals surface area contributed by atoms with Crippen LogP contribution in [-0.4, -0.2) is 41.2 Å². The molecule has 16 heavy (non-hydrogen) atoms. The van der Waals surface area contributed by atoms with Crippen molar-refractivity contribution in [3.63, 3.8) is 0 Å². The van der Waals surface area contributed by atoms with Gasteiger partial charge >= 0.3 is 12.6 Å². The average Bonchev–Trinajstić information content (AvgIpc) is 2.16. The van der Waals surface area contributed by atoms with Crippen LogP contribution in [0.3, 0.4) is 0 Å². The first kappa shape index (κ1) is 12.1.